The fourth-order valence-electron chi connectivity index (χ4n) is 5.52. The molecule has 192 valence electrons. The van der Waals surface area contributed by atoms with Gasteiger partial charge in [-0.25, -0.2) is 0 Å². The average molecular weight is 587 g/mol. The fourth-order valence-corrected chi connectivity index (χ4v) is 6.22. The summed E-state index contributed by atoms with van der Waals surface area (Å²) in [7, 11) is 1.76. The summed E-state index contributed by atoms with van der Waals surface area (Å²) in [5.74, 6) is 0.0242. The third kappa shape index (κ3) is 4.24. The second kappa shape index (κ2) is 9.96. The molecule has 5 rings (SSSR count). The largest absolute Gasteiger partial charge is 0.490 e. The summed E-state index contributed by atoms with van der Waals surface area (Å²) in [6, 6.07) is 16.9. The highest BCUT2D eigenvalue weighted by Gasteiger charge is 2.68. The second-order valence-corrected chi connectivity index (χ2v) is 10.5. The summed E-state index contributed by atoms with van der Waals surface area (Å²) in [5.41, 5.74) is 1.44. The predicted octanol–water partition coefficient (Wildman–Crippen LogP) is 5.60. The van der Waals surface area contributed by atoms with Crippen molar-refractivity contribution >= 4 is 39.1 Å². The SMILES string of the molecule is CCOc1cc([C@@H]2CN(C)[C@]3(C(=O)Nc4ccccc43)[C@@H]2[N+](=O)[O-])cc(Br)c1OCc1ccc(Cl)cc1. The van der Waals surface area contributed by atoms with Gasteiger partial charge in [0.05, 0.1) is 17.0 Å². The molecule has 37 heavy (non-hydrogen) atoms. The van der Waals surface area contributed by atoms with Crippen molar-refractivity contribution in [3.63, 3.8) is 0 Å². The highest BCUT2D eigenvalue weighted by Crippen LogP contribution is 2.53. The molecule has 0 radical (unpaired) electrons. The second-order valence-electron chi connectivity index (χ2n) is 9.16. The van der Waals surface area contributed by atoms with E-state index in [1.165, 1.54) is 0 Å². The number of hydrogen-bond acceptors (Lipinski definition) is 6. The highest BCUT2D eigenvalue weighted by atomic mass is 79.9. The molecule has 3 aromatic carbocycles. The number of para-hydroxylation sites is 1. The molecule has 10 heteroatoms. The first kappa shape index (κ1) is 25.5. The van der Waals surface area contributed by atoms with E-state index in [-0.39, 0.29) is 10.8 Å². The number of carbonyl (C=O) groups is 1. The Morgan fingerprint density at radius 2 is 1.92 bits per heavy atom. The van der Waals surface area contributed by atoms with E-state index in [1.54, 1.807) is 54.4 Å². The Morgan fingerprint density at radius 1 is 1.19 bits per heavy atom. The molecule has 1 spiro atoms. The number of halogens is 2. The first-order chi connectivity index (χ1) is 17.8. The van der Waals surface area contributed by atoms with E-state index in [9.17, 15) is 14.9 Å². The first-order valence-corrected chi connectivity index (χ1v) is 13.0. The minimum absolute atomic E-state index is 0.291. The van der Waals surface area contributed by atoms with Gasteiger partial charge < -0.3 is 14.8 Å². The van der Waals surface area contributed by atoms with Gasteiger partial charge in [-0.2, -0.15) is 0 Å². The van der Waals surface area contributed by atoms with Crippen molar-refractivity contribution in [3.05, 3.63) is 97.0 Å². The zero-order valence-corrected chi connectivity index (χ0v) is 22.6. The van der Waals surface area contributed by atoms with E-state index in [0.717, 1.165) is 5.56 Å². The van der Waals surface area contributed by atoms with Crippen LogP contribution < -0.4 is 14.8 Å². The van der Waals surface area contributed by atoms with Gasteiger partial charge in [-0.3, -0.25) is 19.8 Å². The van der Waals surface area contributed by atoms with Crippen LogP contribution in [0.4, 0.5) is 5.69 Å². The molecule has 0 saturated carbocycles. The number of hydrogen-bond donors (Lipinski definition) is 1. The van der Waals surface area contributed by atoms with Crippen LogP contribution in [-0.2, 0) is 16.9 Å². The van der Waals surface area contributed by atoms with Crippen molar-refractivity contribution in [1.29, 1.82) is 0 Å². The maximum Gasteiger partial charge on any atom is 0.256 e. The maximum absolute atomic E-state index is 13.4. The van der Waals surface area contributed by atoms with Crippen molar-refractivity contribution in [2.45, 2.75) is 31.0 Å². The predicted molar refractivity (Wildman–Crippen MR) is 144 cm³/mol. The number of nitrogens with one attached hydrogen (secondary N) is 1. The Bertz CT molecular complexity index is 1370. The molecular formula is C27H25BrClN3O5. The lowest BCUT2D eigenvalue weighted by atomic mass is 9.79. The summed E-state index contributed by atoms with van der Waals surface area (Å²) in [6.45, 7) is 2.85. The van der Waals surface area contributed by atoms with Crippen LogP contribution in [0.15, 0.2) is 65.1 Å². The monoisotopic (exact) mass is 585 g/mol. The topological polar surface area (TPSA) is 93.9 Å². The summed E-state index contributed by atoms with van der Waals surface area (Å²) in [5, 5.41) is 16.1. The Labute approximate surface area is 227 Å². The number of carbonyl (C=O) groups excluding carboxylic acids is 1. The zero-order chi connectivity index (χ0) is 26.3. The zero-order valence-electron chi connectivity index (χ0n) is 20.2. The Balaban J connectivity index is 1.53. The lowest BCUT2D eigenvalue weighted by molar-refractivity contribution is -0.534. The summed E-state index contributed by atoms with van der Waals surface area (Å²) in [6.07, 6.45) is 0. The standard InChI is InChI=1S/C27H25BrClN3O5/c1-3-36-23-13-17(12-21(28)24(23)37-15-16-8-10-18(29)11-9-16)19-14-31(2)27(25(19)32(34)35)20-6-4-5-7-22(20)30-26(27)33/h4-13,19,25H,3,14-15H2,1-2H3,(H,30,33)/t19-,25+,27-/m0/s1. The molecule has 0 unspecified atom stereocenters. The lowest BCUT2D eigenvalue weighted by Gasteiger charge is -2.30. The highest BCUT2D eigenvalue weighted by molar-refractivity contribution is 9.10. The number of amides is 1. The van der Waals surface area contributed by atoms with Crippen LogP contribution in [0.25, 0.3) is 0 Å². The molecule has 0 aromatic heterocycles. The molecule has 1 fully saturated rings. The van der Waals surface area contributed by atoms with Crippen molar-refractivity contribution in [3.8, 4) is 11.5 Å². The van der Waals surface area contributed by atoms with E-state index in [0.29, 0.717) is 57.6 Å². The minimum atomic E-state index is -1.41. The van der Waals surface area contributed by atoms with Gasteiger partial charge in [-0.05, 0) is 71.4 Å². The molecule has 0 bridgehead atoms. The summed E-state index contributed by atoms with van der Waals surface area (Å²) in [4.78, 5) is 27.5. The van der Waals surface area contributed by atoms with Gasteiger partial charge in [0.2, 0.25) is 0 Å². The maximum atomic E-state index is 13.4. The van der Waals surface area contributed by atoms with Crippen LogP contribution in [0.2, 0.25) is 5.02 Å². The van der Waals surface area contributed by atoms with Crippen molar-refractivity contribution in [2.75, 3.05) is 25.5 Å². The quantitative estimate of drug-likeness (QED) is 0.286. The average Bonchev–Trinajstić information content (AvgIpc) is 3.34. The molecule has 1 amide bonds. The molecular weight excluding hydrogens is 562 g/mol. The number of benzene rings is 3. The van der Waals surface area contributed by atoms with Gasteiger partial charge in [0, 0.05) is 27.7 Å². The number of nitro groups is 1. The lowest BCUT2D eigenvalue weighted by Crippen LogP contribution is -2.54. The van der Waals surface area contributed by atoms with Crippen LogP contribution in [0.1, 0.15) is 29.5 Å². The van der Waals surface area contributed by atoms with Crippen molar-refractivity contribution in [2.24, 2.45) is 0 Å². The molecule has 3 atom stereocenters. The minimum Gasteiger partial charge on any atom is -0.490 e. The molecule has 2 aliphatic rings. The number of rotatable bonds is 7. The number of likely N-dealkylation sites (tertiary alicyclic amines) is 1. The van der Waals surface area contributed by atoms with E-state index in [1.807, 2.05) is 25.1 Å². The number of ether oxygens (including phenoxy) is 2. The number of fused-ring (bicyclic) bond motifs is 2. The van der Waals surface area contributed by atoms with Gasteiger partial charge in [-0.1, -0.05) is 41.9 Å². The number of anilines is 1. The van der Waals surface area contributed by atoms with Crippen LogP contribution in [0.5, 0.6) is 11.5 Å². The van der Waals surface area contributed by atoms with E-state index >= 15 is 0 Å². The van der Waals surface area contributed by atoms with Gasteiger partial charge in [0.1, 0.15) is 6.61 Å². The van der Waals surface area contributed by atoms with Crippen LogP contribution in [0, 0.1) is 10.1 Å². The third-order valence-corrected chi connectivity index (χ3v) is 7.94. The molecule has 2 heterocycles. The fraction of sp³-hybridized carbons (Fsp3) is 0.296. The molecule has 8 nitrogen and oxygen atoms in total. The van der Waals surface area contributed by atoms with Crippen LogP contribution in [0.3, 0.4) is 0 Å². The summed E-state index contributed by atoms with van der Waals surface area (Å²) >= 11 is 9.58. The van der Waals surface area contributed by atoms with Gasteiger partial charge in [0.15, 0.2) is 17.0 Å². The summed E-state index contributed by atoms with van der Waals surface area (Å²) < 4.78 is 12.6. The third-order valence-electron chi connectivity index (χ3n) is 7.10. The van der Waals surface area contributed by atoms with Gasteiger partial charge in [0.25, 0.3) is 11.9 Å². The molecule has 3 aromatic rings. The van der Waals surface area contributed by atoms with Crippen LogP contribution >= 0.6 is 27.5 Å². The smallest absolute Gasteiger partial charge is 0.256 e. The Hall–Kier alpha value is -3.14. The Kier molecular flexibility index (Phi) is 6.87. The van der Waals surface area contributed by atoms with E-state index in [2.05, 4.69) is 21.2 Å². The number of likely N-dealkylation sites (N-methyl/N-ethyl adjacent to an activating group) is 1. The molecule has 0 aliphatic carbocycles. The molecule has 1 N–H and O–H groups in total. The van der Waals surface area contributed by atoms with Gasteiger partial charge in [-0.15, -0.1) is 0 Å². The van der Waals surface area contributed by atoms with Crippen LogP contribution in [-0.4, -0.2) is 42.0 Å². The van der Waals surface area contributed by atoms with Gasteiger partial charge >= 0.3 is 0 Å². The molecule has 1 saturated heterocycles. The van der Waals surface area contributed by atoms with Crippen molar-refractivity contribution in [1.82, 2.24) is 4.90 Å². The van der Waals surface area contributed by atoms with Crippen molar-refractivity contribution < 1.29 is 19.2 Å². The number of nitrogens with zero attached hydrogens (tertiary/aromatic N) is 2. The normalized spacial score (nSPS) is 22.6. The molecule has 2 aliphatic heterocycles. The Morgan fingerprint density at radius 3 is 2.62 bits per heavy atom. The van der Waals surface area contributed by atoms with E-state index in [4.69, 9.17) is 21.1 Å². The first-order valence-electron chi connectivity index (χ1n) is 11.9. The van der Waals surface area contributed by atoms with E-state index < -0.39 is 17.5 Å².